The van der Waals surface area contributed by atoms with Gasteiger partial charge >= 0.3 is 5.97 Å². The van der Waals surface area contributed by atoms with E-state index in [0.29, 0.717) is 11.2 Å². The van der Waals surface area contributed by atoms with Crippen LogP contribution in [0.2, 0.25) is 0 Å². The lowest BCUT2D eigenvalue weighted by atomic mass is 10.0. The number of sulfonamides is 1. The molecule has 2 N–H and O–H groups in total. The molecule has 0 aliphatic rings. The maximum atomic E-state index is 12.4. The molecule has 0 aliphatic heterocycles. The van der Waals surface area contributed by atoms with Gasteiger partial charge in [-0.1, -0.05) is 36.4 Å². The number of carboxylic acid groups (broad SMARTS) is 1. The summed E-state index contributed by atoms with van der Waals surface area (Å²) in [4.78, 5) is 15.8. The summed E-state index contributed by atoms with van der Waals surface area (Å²) in [6.07, 6.45) is 1.49. The lowest BCUT2D eigenvalue weighted by Crippen LogP contribution is -2.14. The molecule has 2 aromatic carbocycles. The van der Waals surface area contributed by atoms with E-state index in [2.05, 4.69) is 9.71 Å². The number of nitrogens with zero attached hydrogens (tertiary/aromatic N) is 2. The Labute approximate surface area is 171 Å². The van der Waals surface area contributed by atoms with Crippen molar-refractivity contribution >= 4 is 44.1 Å². The Morgan fingerprint density at radius 2 is 1.93 bits per heavy atom. The van der Waals surface area contributed by atoms with Gasteiger partial charge in [0.05, 0.1) is 35.5 Å². The first-order chi connectivity index (χ1) is 13.9. The quantitative estimate of drug-likeness (QED) is 0.465. The summed E-state index contributed by atoms with van der Waals surface area (Å²) in [7, 11) is -3.65. The molecule has 29 heavy (non-hydrogen) atoms. The third-order valence-corrected chi connectivity index (χ3v) is 7.25. The van der Waals surface area contributed by atoms with E-state index >= 15 is 0 Å². The number of thiophene rings is 1. The zero-order valence-electron chi connectivity index (χ0n) is 15.1. The summed E-state index contributed by atoms with van der Waals surface area (Å²) < 4.78 is 29.4. The molecular formula is C20H17N3O4S2. The molecule has 0 saturated carbocycles. The Bertz CT molecular complexity index is 1250. The van der Waals surface area contributed by atoms with Gasteiger partial charge in [0.2, 0.25) is 0 Å². The number of imidazole rings is 1. The molecule has 4 aromatic rings. The topological polar surface area (TPSA) is 101 Å². The van der Waals surface area contributed by atoms with E-state index in [4.69, 9.17) is 0 Å². The van der Waals surface area contributed by atoms with Gasteiger partial charge in [-0.15, -0.1) is 11.3 Å². The Balaban J connectivity index is 1.70. The molecule has 0 saturated heterocycles. The van der Waals surface area contributed by atoms with Crippen LogP contribution in [0.15, 0.2) is 76.6 Å². The first kappa shape index (κ1) is 19.2. The second kappa shape index (κ2) is 7.69. The van der Waals surface area contributed by atoms with Crippen molar-refractivity contribution in [3.8, 4) is 0 Å². The minimum atomic E-state index is -3.65. The average molecular weight is 428 g/mol. The van der Waals surface area contributed by atoms with Gasteiger partial charge in [-0.25, -0.2) is 13.4 Å². The third kappa shape index (κ3) is 4.01. The van der Waals surface area contributed by atoms with Gasteiger partial charge < -0.3 is 9.67 Å². The predicted octanol–water partition coefficient (Wildman–Crippen LogP) is 3.96. The zero-order chi connectivity index (χ0) is 20.4. The van der Waals surface area contributed by atoms with E-state index in [1.807, 2.05) is 30.3 Å². The Hall–Kier alpha value is -3.17. The second-order valence-electron chi connectivity index (χ2n) is 6.42. The fourth-order valence-corrected chi connectivity index (χ4v) is 5.23. The highest BCUT2D eigenvalue weighted by atomic mass is 32.2. The van der Waals surface area contributed by atoms with Gasteiger partial charge in [0.15, 0.2) is 0 Å². The van der Waals surface area contributed by atoms with Crippen LogP contribution in [-0.4, -0.2) is 29.0 Å². The summed E-state index contributed by atoms with van der Waals surface area (Å²) >= 11 is 1.14. The number of hydrogen-bond acceptors (Lipinski definition) is 5. The molecule has 0 bridgehead atoms. The number of aromatic nitrogens is 2. The fourth-order valence-electron chi connectivity index (χ4n) is 3.18. The zero-order valence-corrected chi connectivity index (χ0v) is 16.7. The van der Waals surface area contributed by atoms with Crippen LogP contribution in [0.25, 0.3) is 11.0 Å². The van der Waals surface area contributed by atoms with E-state index < -0.39 is 22.0 Å². The minimum Gasteiger partial charge on any atom is -0.481 e. The van der Waals surface area contributed by atoms with Crippen LogP contribution in [-0.2, 0) is 14.8 Å². The number of hydrogen-bond donors (Lipinski definition) is 2. The molecule has 2 aromatic heterocycles. The van der Waals surface area contributed by atoms with Crippen LogP contribution in [0.1, 0.15) is 18.0 Å². The number of rotatable bonds is 7. The van der Waals surface area contributed by atoms with E-state index in [1.165, 1.54) is 6.07 Å². The molecular weight excluding hydrogens is 410 g/mol. The van der Waals surface area contributed by atoms with Gasteiger partial charge in [0.1, 0.15) is 4.21 Å². The maximum Gasteiger partial charge on any atom is 0.305 e. The summed E-state index contributed by atoms with van der Waals surface area (Å²) in [5.41, 5.74) is 2.55. The average Bonchev–Trinajstić information content (AvgIpc) is 3.37. The molecule has 0 spiro atoms. The van der Waals surface area contributed by atoms with Crippen LogP contribution < -0.4 is 4.72 Å². The largest absolute Gasteiger partial charge is 0.481 e. The van der Waals surface area contributed by atoms with E-state index in [1.54, 1.807) is 40.5 Å². The van der Waals surface area contributed by atoms with Crippen LogP contribution in [0.5, 0.6) is 0 Å². The number of carbonyl (C=O) groups is 1. The lowest BCUT2D eigenvalue weighted by molar-refractivity contribution is -0.137. The lowest BCUT2D eigenvalue weighted by Gasteiger charge is -2.18. The third-order valence-electron chi connectivity index (χ3n) is 4.48. The Kier molecular flexibility index (Phi) is 5.08. The van der Waals surface area contributed by atoms with Crippen LogP contribution in [0.3, 0.4) is 0 Å². The van der Waals surface area contributed by atoms with Gasteiger partial charge in [0.25, 0.3) is 10.0 Å². The molecule has 1 unspecified atom stereocenters. The van der Waals surface area contributed by atoms with Crippen LogP contribution in [0, 0.1) is 0 Å². The predicted molar refractivity (Wildman–Crippen MR) is 112 cm³/mol. The molecule has 1 atom stereocenters. The Morgan fingerprint density at radius 1 is 1.14 bits per heavy atom. The molecule has 0 aliphatic carbocycles. The van der Waals surface area contributed by atoms with Gasteiger partial charge in [0, 0.05) is 0 Å². The summed E-state index contributed by atoms with van der Waals surface area (Å²) in [5.74, 6) is -0.916. The standard InChI is InChI=1S/C20H17N3O4S2/c24-19(25)12-18(14-5-2-1-3-6-14)23-13-21-16-11-15(8-9-17(16)23)22-29(26,27)20-7-4-10-28-20/h1-11,13,18,22H,12H2,(H,24,25). The second-order valence-corrected chi connectivity index (χ2v) is 9.27. The van der Waals surface area contributed by atoms with E-state index in [-0.39, 0.29) is 10.6 Å². The molecule has 0 fully saturated rings. The fraction of sp³-hybridized carbons (Fsp3) is 0.100. The SMILES string of the molecule is O=C(O)CC(c1ccccc1)n1cnc2cc(NS(=O)(=O)c3cccs3)ccc21. The number of aliphatic carboxylic acids is 1. The van der Waals surface area contributed by atoms with Crippen LogP contribution >= 0.6 is 11.3 Å². The normalized spacial score (nSPS) is 12.7. The van der Waals surface area contributed by atoms with Crippen molar-refractivity contribution in [3.63, 3.8) is 0 Å². The van der Waals surface area contributed by atoms with Gasteiger partial charge in [-0.3, -0.25) is 9.52 Å². The maximum absolute atomic E-state index is 12.4. The highest BCUT2D eigenvalue weighted by molar-refractivity contribution is 7.94. The van der Waals surface area contributed by atoms with Crippen molar-refractivity contribution in [2.45, 2.75) is 16.7 Å². The number of anilines is 1. The minimum absolute atomic E-state index is 0.0950. The first-order valence-corrected chi connectivity index (χ1v) is 11.1. The van der Waals surface area contributed by atoms with E-state index in [9.17, 15) is 18.3 Å². The van der Waals surface area contributed by atoms with Crippen molar-refractivity contribution in [1.29, 1.82) is 0 Å². The molecule has 9 heteroatoms. The van der Waals surface area contributed by atoms with Crippen LogP contribution in [0.4, 0.5) is 5.69 Å². The molecule has 2 heterocycles. The van der Waals surface area contributed by atoms with Crippen molar-refractivity contribution in [2.24, 2.45) is 0 Å². The summed E-state index contributed by atoms with van der Waals surface area (Å²) in [5, 5.41) is 11.1. The van der Waals surface area contributed by atoms with Crippen molar-refractivity contribution in [1.82, 2.24) is 9.55 Å². The van der Waals surface area contributed by atoms with Crippen molar-refractivity contribution < 1.29 is 18.3 Å². The van der Waals surface area contributed by atoms with E-state index in [0.717, 1.165) is 22.4 Å². The Morgan fingerprint density at radius 3 is 2.62 bits per heavy atom. The number of fused-ring (bicyclic) bond motifs is 1. The monoisotopic (exact) mass is 427 g/mol. The molecule has 0 amide bonds. The van der Waals surface area contributed by atoms with Crippen molar-refractivity contribution in [3.05, 3.63) is 77.9 Å². The molecule has 4 rings (SSSR count). The van der Waals surface area contributed by atoms with Gasteiger partial charge in [-0.05, 0) is 35.2 Å². The van der Waals surface area contributed by atoms with Crippen molar-refractivity contribution in [2.75, 3.05) is 4.72 Å². The highest BCUT2D eigenvalue weighted by Gasteiger charge is 2.20. The first-order valence-electron chi connectivity index (χ1n) is 8.74. The molecule has 148 valence electrons. The number of nitrogens with one attached hydrogen (secondary N) is 1. The number of carboxylic acids is 1. The summed E-state index contributed by atoms with van der Waals surface area (Å²) in [6, 6.07) is 17.2. The molecule has 0 radical (unpaired) electrons. The number of benzene rings is 2. The van der Waals surface area contributed by atoms with Gasteiger partial charge in [-0.2, -0.15) is 0 Å². The summed E-state index contributed by atoms with van der Waals surface area (Å²) in [6.45, 7) is 0. The highest BCUT2D eigenvalue weighted by Crippen LogP contribution is 2.29. The molecule has 7 nitrogen and oxygen atoms in total. The smallest absolute Gasteiger partial charge is 0.305 e.